The molecule has 0 aliphatic carbocycles. The Balaban J connectivity index is 4.35. The Morgan fingerprint density at radius 2 is 1.86 bits per heavy atom. The molecule has 0 fully saturated rings. The Bertz CT molecular complexity index is 197. The van der Waals surface area contributed by atoms with Crippen molar-refractivity contribution in [2.75, 3.05) is 6.61 Å². The number of rotatable bonds is 4. The van der Waals surface area contributed by atoms with E-state index in [1.807, 2.05) is 0 Å². The molecule has 1 atom stereocenters. The molecule has 0 bridgehead atoms. The normalized spacial score (nSPS) is 16.2. The van der Waals surface area contributed by atoms with E-state index in [9.17, 15) is 13.2 Å². The van der Waals surface area contributed by atoms with E-state index in [4.69, 9.17) is 5.11 Å². The average Bonchev–Trinajstić information content (AvgIpc) is 1.99. The second-order valence-electron chi connectivity index (χ2n) is 3.42. The summed E-state index contributed by atoms with van der Waals surface area (Å²) in [5.74, 6) is 0. The van der Waals surface area contributed by atoms with E-state index in [0.717, 1.165) is 26.0 Å². The molecule has 0 saturated carbocycles. The number of hydrogen-bond donors (Lipinski definition) is 1. The van der Waals surface area contributed by atoms with Crippen LogP contribution in [0.5, 0.6) is 0 Å². The highest BCUT2D eigenvalue weighted by Crippen LogP contribution is 2.38. The molecule has 0 aromatic carbocycles. The van der Waals surface area contributed by atoms with E-state index in [1.165, 1.54) is 0 Å². The van der Waals surface area contributed by atoms with Crippen molar-refractivity contribution < 1.29 is 23.0 Å². The van der Waals surface area contributed by atoms with Crippen LogP contribution >= 0.6 is 0 Å². The van der Waals surface area contributed by atoms with Crippen molar-refractivity contribution in [3.8, 4) is 0 Å². The van der Waals surface area contributed by atoms with Crippen LogP contribution in [0.3, 0.4) is 0 Å². The first-order valence-electron chi connectivity index (χ1n) is 4.26. The second kappa shape index (κ2) is 4.79. The van der Waals surface area contributed by atoms with Crippen LogP contribution in [0.15, 0.2) is 12.2 Å². The third-order valence-corrected chi connectivity index (χ3v) is 1.75. The number of aliphatic hydroxyl groups is 1. The number of ether oxygens (including phenoxy) is 1. The lowest BCUT2D eigenvalue weighted by Crippen LogP contribution is -2.30. The summed E-state index contributed by atoms with van der Waals surface area (Å²) in [7, 11) is 0. The molecule has 0 spiro atoms. The van der Waals surface area contributed by atoms with Crippen molar-refractivity contribution in [1.82, 2.24) is 0 Å². The number of allylic oxidation sites excluding steroid dienone is 1. The van der Waals surface area contributed by atoms with E-state index in [1.54, 1.807) is 6.92 Å². The smallest absolute Gasteiger partial charge is 0.365 e. The molecular weight excluding hydrogens is 197 g/mol. The molecule has 0 radical (unpaired) electrons. The van der Waals surface area contributed by atoms with Gasteiger partial charge in [-0.05, 0) is 26.8 Å². The molecule has 0 aliphatic rings. The van der Waals surface area contributed by atoms with Crippen LogP contribution in [0.4, 0.5) is 13.2 Å². The molecule has 0 rings (SSSR count). The van der Waals surface area contributed by atoms with Crippen LogP contribution in [0, 0.1) is 5.41 Å². The average molecular weight is 212 g/mol. The molecule has 0 aromatic rings. The van der Waals surface area contributed by atoms with Gasteiger partial charge in [0.15, 0.2) is 6.29 Å². The van der Waals surface area contributed by atoms with Gasteiger partial charge in [0.05, 0.1) is 5.41 Å². The first-order valence-corrected chi connectivity index (χ1v) is 4.26. The van der Waals surface area contributed by atoms with Crippen LogP contribution in [0.1, 0.15) is 20.8 Å². The zero-order chi connectivity index (χ0) is 11.4. The first-order chi connectivity index (χ1) is 6.20. The summed E-state index contributed by atoms with van der Waals surface area (Å²) >= 11 is 0. The molecule has 1 unspecified atom stereocenters. The highest BCUT2D eigenvalue weighted by Gasteiger charge is 2.45. The summed E-state index contributed by atoms with van der Waals surface area (Å²) in [4.78, 5) is 0. The maximum Gasteiger partial charge on any atom is 0.397 e. The van der Waals surface area contributed by atoms with Gasteiger partial charge in [0.1, 0.15) is 0 Å². The quantitative estimate of drug-likeness (QED) is 0.573. The molecule has 1 N–H and O–H groups in total. The first kappa shape index (κ1) is 13.4. The van der Waals surface area contributed by atoms with Gasteiger partial charge in [-0.2, -0.15) is 13.2 Å². The van der Waals surface area contributed by atoms with Gasteiger partial charge in [-0.15, -0.1) is 0 Å². The zero-order valence-electron chi connectivity index (χ0n) is 8.43. The molecule has 2 nitrogen and oxygen atoms in total. The third-order valence-electron chi connectivity index (χ3n) is 1.75. The predicted molar refractivity (Wildman–Crippen MR) is 46.6 cm³/mol. The van der Waals surface area contributed by atoms with Crippen molar-refractivity contribution in [3.63, 3.8) is 0 Å². The van der Waals surface area contributed by atoms with Crippen molar-refractivity contribution in [3.05, 3.63) is 12.2 Å². The Morgan fingerprint density at radius 3 is 2.21 bits per heavy atom. The Hall–Kier alpha value is -0.550. The van der Waals surface area contributed by atoms with Gasteiger partial charge in [-0.3, -0.25) is 0 Å². The summed E-state index contributed by atoms with van der Waals surface area (Å²) in [5, 5.41) is 9.00. The molecule has 0 saturated heterocycles. The number of hydrogen-bond acceptors (Lipinski definition) is 2. The fourth-order valence-electron chi connectivity index (χ4n) is 0.644. The number of halogens is 3. The highest BCUT2D eigenvalue weighted by molar-refractivity contribution is 5.00. The fourth-order valence-corrected chi connectivity index (χ4v) is 0.644. The predicted octanol–water partition coefficient (Wildman–Crippen LogP) is 2.49. The fraction of sp³-hybridized carbons (Fsp3) is 0.778. The van der Waals surface area contributed by atoms with E-state index < -0.39 is 17.9 Å². The minimum atomic E-state index is -4.32. The summed E-state index contributed by atoms with van der Waals surface area (Å²) in [6.45, 7) is 3.95. The van der Waals surface area contributed by atoms with E-state index in [-0.39, 0.29) is 6.61 Å². The van der Waals surface area contributed by atoms with Crippen molar-refractivity contribution in [2.24, 2.45) is 5.41 Å². The Labute approximate surface area is 81.4 Å². The van der Waals surface area contributed by atoms with Crippen molar-refractivity contribution in [1.29, 1.82) is 0 Å². The topological polar surface area (TPSA) is 29.5 Å². The zero-order valence-corrected chi connectivity index (χ0v) is 8.43. The maximum absolute atomic E-state index is 12.3. The number of alkyl halides is 3. The molecule has 14 heavy (non-hydrogen) atoms. The molecule has 5 heteroatoms. The summed E-state index contributed by atoms with van der Waals surface area (Å²) < 4.78 is 41.5. The lowest BCUT2D eigenvalue weighted by molar-refractivity contribution is -0.194. The highest BCUT2D eigenvalue weighted by atomic mass is 19.4. The number of aliphatic hydroxyl groups excluding tert-OH is 1. The van der Waals surface area contributed by atoms with Gasteiger partial charge in [0.2, 0.25) is 0 Å². The van der Waals surface area contributed by atoms with Crippen molar-refractivity contribution in [2.45, 2.75) is 33.2 Å². The van der Waals surface area contributed by atoms with Gasteiger partial charge in [0.25, 0.3) is 0 Å². The SMILES string of the molecule is CCOC(O)/C=C/C(C)(C)C(F)(F)F. The summed E-state index contributed by atoms with van der Waals surface area (Å²) in [6, 6.07) is 0. The molecule has 0 heterocycles. The largest absolute Gasteiger partial charge is 0.397 e. The Kier molecular flexibility index (Phi) is 4.61. The molecule has 0 amide bonds. The van der Waals surface area contributed by atoms with Crippen LogP contribution in [-0.2, 0) is 4.74 Å². The van der Waals surface area contributed by atoms with Gasteiger partial charge in [-0.1, -0.05) is 6.08 Å². The van der Waals surface area contributed by atoms with Gasteiger partial charge in [-0.25, -0.2) is 0 Å². The lowest BCUT2D eigenvalue weighted by Gasteiger charge is -2.24. The van der Waals surface area contributed by atoms with Crippen LogP contribution < -0.4 is 0 Å². The standard InChI is InChI=1S/C9H15F3O2/c1-4-14-7(13)5-6-8(2,3)9(10,11)12/h5-7,13H,4H2,1-3H3/b6-5+. The maximum atomic E-state index is 12.3. The van der Waals surface area contributed by atoms with Crippen LogP contribution in [0.2, 0.25) is 0 Å². The summed E-state index contributed by atoms with van der Waals surface area (Å²) in [5.41, 5.74) is -1.95. The Morgan fingerprint density at radius 1 is 1.36 bits per heavy atom. The van der Waals surface area contributed by atoms with Gasteiger partial charge < -0.3 is 9.84 Å². The van der Waals surface area contributed by atoms with Crippen molar-refractivity contribution >= 4 is 0 Å². The van der Waals surface area contributed by atoms with Crippen LogP contribution in [0.25, 0.3) is 0 Å². The van der Waals surface area contributed by atoms with E-state index in [0.29, 0.717) is 0 Å². The summed E-state index contributed by atoms with van der Waals surface area (Å²) in [6.07, 6.45) is -3.71. The lowest BCUT2D eigenvalue weighted by atomic mass is 9.92. The van der Waals surface area contributed by atoms with Gasteiger partial charge >= 0.3 is 6.18 Å². The third kappa shape index (κ3) is 4.11. The monoisotopic (exact) mass is 212 g/mol. The van der Waals surface area contributed by atoms with Gasteiger partial charge in [0, 0.05) is 6.61 Å². The minimum absolute atomic E-state index is 0.248. The molecule has 0 aliphatic heterocycles. The second-order valence-corrected chi connectivity index (χ2v) is 3.42. The van der Waals surface area contributed by atoms with E-state index in [2.05, 4.69) is 4.74 Å². The molecule has 0 aromatic heterocycles. The molecule has 84 valence electrons. The van der Waals surface area contributed by atoms with Crippen LogP contribution in [-0.4, -0.2) is 24.2 Å². The van der Waals surface area contributed by atoms with E-state index >= 15 is 0 Å². The minimum Gasteiger partial charge on any atom is -0.365 e. The molecular formula is C9H15F3O2.